The molecule has 7 amide bonds. The average Bonchev–Trinajstić information content (AvgIpc) is 3.23. The van der Waals surface area contributed by atoms with Crippen molar-refractivity contribution in [2.24, 2.45) is 17.8 Å². The third-order valence-corrected chi connectivity index (χ3v) is 11.5. The highest BCUT2D eigenvalue weighted by Gasteiger charge is 2.44. The number of nitrogens with zero attached hydrogens (tertiary/aromatic N) is 2. The SMILES string of the molecule is CC[C@@H](C)[C@H](NC=O)C(=O)N[C@@H]1C(=O)N[C@@H](Cc2ccc(OC)cc2)C(=O)N[C@H]([C@@H](C)CC)C(=O)N2NC[C@@H](O)C[C@H]2C(=O)N[C@@H](CC(C)C)C(=O)N(C)[C@@H](C)C(=O)O[C@H]1C. The number of methoxy groups -OCH3 is 1. The minimum Gasteiger partial charge on any atom is -0.497 e. The van der Waals surface area contributed by atoms with Gasteiger partial charge in [0.05, 0.1) is 13.2 Å². The molecular formula is C42H66N8O11. The maximum Gasteiger partial charge on any atom is 0.328 e. The summed E-state index contributed by atoms with van der Waals surface area (Å²) in [6.07, 6.45) is -1.35. The van der Waals surface area contributed by atoms with Crippen LogP contribution in [0.15, 0.2) is 24.3 Å². The summed E-state index contributed by atoms with van der Waals surface area (Å²) in [5.41, 5.74) is 3.42. The largest absolute Gasteiger partial charge is 0.497 e. The lowest BCUT2D eigenvalue weighted by atomic mass is 9.95. The second kappa shape index (κ2) is 23.1. The molecule has 1 aromatic rings. The molecule has 0 radical (unpaired) electrons. The van der Waals surface area contributed by atoms with Gasteiger partial charge in [-0.05, 0) is 55.7 Å². The first-order valence-corrected chi connectivity index (χ1v) is 21.0. The van der Waals surface area contributed by atoms with Crippen molar-refractivity contribution in [1.82, 2.24) is 41.9 Å². The van der Waals surface area contributed by atoms with Crippen molar-refractivity contribution < 1.29 is 52.9 Å². The Morgan fingerprint density at radius 3 is 2.15 bits per heavy atom. The van der Waals surface area contributed by atoms with Crippen molar-refractivity contribution in [3.8, 4) is 5.75 Å². The molecule has 0 unspecified atom stereocenters. The van der Waals surface area contributed by atoms with Crippen molar-refractivity contribution in [1.29, 1.82) is 0 Å². The number of nitrogens with one attached hydrogen (secondary N) is 6. The highest BCUT2D eigenvalue weighted by Crippen LogP contribution is 2.21. The van der Waals surface area contributed by atoms with Gasteiger partial charge < -0.3 is 46.1 Å². The summed E-state index contributed by atoms with van der Waals surface area (Å²) in [6.45, 7) is 13.4. The quantitative estimate of drug-likeness (QED) is 0.0997. The van der Waals surface area contributed by atoms with Gasteiger partial charge in [-0.1, -0.05) is 66.5 Å². The fraction of sp³-hybridized carbons (Fsp3) is 0.667. The van der Waals surface area contributed by atoms with Crippen LogP contribution in [0.3, 0.4) is 0 Å². The number of benzene rings is 1. The van der Waals surface area contributed by atoms with Gasteiger partial charge in [-0.2, -0.15) is 0 Å². The Kier molecular flexibility index (Phi) is 18.9. The molecule has 19 heteroatoms. The summed E-state index contributed by atoms with van der Waals surface area (Å²) in [7, 11) is 2.85. The lowest BCUT2D eigenvalue weighted by Gasteiger charge is -2.40. The van der Waals surface area contributed by atoms with E-state index in [1.165, 1.54) is 28.0 Å². The Balaban J connectivity index is 2.23. The molecule has 0 saturated carbocycles. The number of fused-ring (bicyclic) bond motifs is 1. The van der Waals surface area contributed by atoms with Gasteiger partial charge in [0.25, 0.3) is 5.91 Å². The number of hydrazine groups is 1. The fourth-order valence-electron chi connectivity index (χ4n) is 7.12. The van der Waals surface area contributed by atoms with Crippen molar-refractivity contribution >= 4 is 47.8 Å². The highest BCUT2D eigenvalue weighted by atomic mass is 16.5. The molecule has 2 fully saturated rings. The summed E-state index contributed by atoms with van der Waals surface area (Å²) in [6, 6.07) is -2.41. The van der Waals surface area contributed by atoms with Gasteiger partial charge in [0, 0.05) is 26.4 Å². The maximum atomic E-state index is 14.6. The predicted molar refractivity (Wildman–Crippen MR) is 223 cm³/mol. The topological polar surface area (TPSA) is 254 Å². The predicted octanol–water partition coefficient (Wildman–Crippen LogP) is -0.312. The molecule has 2 aliphatic rings. The smallest absolute Gasteiger partial charge is 0.328 e. The van der Waals surface area contributed by atoms with Crippen LogP contribution in [-0.4, -0.2) is 138 Å². The van der Waals surface area contributed by atoms with Gasteiger partial charge in [0.2, 0.25) is 35.9 Å². The Morgan fingerprint density at radius 1 is 0.934 bits per heavy atom. The average molecular weight is 859 g/mol. The molecule has 1 aromatic carbocycles. The zero-order valence-corrected chi connectivity index (χ0v) is 37.0. The number of aliphatic hydroxyl groups is 1. The number of ether oxygens (including phenoxy) is 2. The standard InChI is InChI=1S/C42H66N8O11/c1-11-23(5)33(43-21-51)38(55)48-35-26(8)61-42(59)25(7)49(9)40(57)31(17-22(3)4)46-37(54)32-19-28(52)20-44-50(32)41(58)34(24(6)12-2)47-36(53)30(45-39(35)56)18-27-13-15-29(60-10)16-14-27/h13-16,21-26,28,30-35,44,52H,11-12,17-20H2,1-10H3,(H,43,51)(H,45,56)(H,46,54)(H,47,53)(H,48,55)/t23-,24+,25+,26+,28+,30+,31+,32+,33+,34-,35+/m1/s1. The van der Waals surface area contributed by atoms with Gasteiger partial charge in [-0.25, -0.2) is 10.2 Å². The summed E-state index contributed by atoms with van der Waals surface area (Å²) < 4.78 is 11.1. The second-order valence-electron chi connectivity index (χ2n) is 16.6. The number of aliphatic hydroxyl groups excluding tert-OH is 1. The van der Waals surface area contributed by atoms with Crippen molar-refractivity contribution in [2.75, 3.05) is 20.7 Å². The Hall–Kier alpha value is -5.30. The number of esters is 1. The Bertz CT molecular complexity index is 1710. The Labute approximate surface area is 358 Å². The van der Waals surface area contributed by atoms with Crippen molar-refractivity contribution in [3.05, 3.63) is 29.8 Å². The Morgan fingerprint density at radius 2 is 1.57 bits per heavy atom. The third kappa shape index (κ3) is 13.3. The van der Waals surface area contributed by atoms with Crippen LogP contribution < -0.4 is 36.7 Å². The number of carbonyl (C=O) groups excluding carboxylic acids is 8. The molecule has 0 aromatic heterocycles. The van der Waals surface area contributed by atoms with Gasteiger partial charge in [0.15, 0.2) is 0 Å². The molecule has 3 rings (SSSR count). The molecule has 2 aliphatic heterocycles. The minimum absolute atomic E-state index is 0.0882. The molecule has 340 valence electrons. The maximum absolute atomic E-state index is 14.6. The monoisotopic (exact) mass is 858 g/mol. The van der Waals surface area contributed by atoms with E-state index < -0.39 is 102 Å². The molecule has 61 heavy (non-hydrogen) atoms. The number of amides is 7. The number of carbonyl (C=O) groups is 8. The summed E-state index contributed by atoms with van der Waals surface area (Å²) in [5.74, 6) is -6.00. The summed E-state index contributed by atoms with van der Waals surface area (Å²) in [4.78, 5) is 112. The number of β-amino-alcohol motifs (C(OH)–C–C–N with tert-alkyl or cyclic N) is 1. The first-order chi connectivity index (χ1) is 28.8. The lowest BCUT2D eigenvalue weighted by Crippen LogP contribution is -2.67. The normalized spacial score (nSPS) is 27.7. The van der Waals surface area contributed by atoms with Gasteiger partial charge in [-0.3, -0.25) is 38.6 Å². The zero-order valence-electron chi connectivity index (χ0n) is 37.0. The molecule has 2 heterocycles. The molecule has 0 bridgehead atoms. The number of hydrogen-bond acceptors (Lipinski definition) is 12. The fourth-order valence-corrected chi connectivity index (χ4v) is 7.12. The van der Waals surface area contributed by atoms with Crippen LogP contribution in [0.4, 0.5) is 0 Å². The number of hydrogen-bond donors (Lipinski definition) is 7. The number of rotatable bonds is 13. The van der Waals surface area contributed by atoms with Crippen LogP contribution in [-0.2, 0) is 49.5 Å². The van der Waals surface area contributed by atoms with E-state index in [-0.39, 0.29) is 37.6 Å². The van der Waals surface area contributed by atoms with Crippen molar-refractivity contribution in [2.45, 2.75) is 142 Å². The zero-order chi connectivity index (χ0) is 45.7. The van der Waals surface area contributed by atoms with Crippen LogP contribution in [0.25, 0.3) is 0 Å². The first kappa shape index (κ1) is 50.1. The van der Waals surface area contributed by atoms with E-state index in [0.29, 0.717) is 30.6 Å². The molecule has 2 saturated heterocycles. The minimum atomic E-state index is -1.64. The van der Waals surface area contributed by atoms with Crippen LogP contribution >= 0.6 is 0 Å². The van der Waals surface area contributed by atoms with Crippen LogP contribution in [0.1, 0.15) is 86.6 Å². The molecule has 0 spiro atoms. The van der Waals surface area contributed by atoms with E-state index in [0.717, 1.165) is 9.91 Å². The van der Waals surface area contributed by atoms with E-state index in [1.807, 2.05) is 27.7 Å². The highest BCUT2D eigenvalue weighted by molar-refractivity contribution is 5.98. The second-order valence-corrected chi connectivity index (χ2v) is 16.6. The van der Waals surface area contributed by atoms with E-state index in [1.54, 1.807) is 38.1 Å². The molecular weight excluding hydrogens is 793 g/mol. The van der Waals surface area contributed by atoms with E-state index in [9.17, 15) is 43.5 Å². The van der Waals surface area contributed by atoms with Gasteiger partial charge in [0.1, 0.15) is 54.1 Å². The van der Waals surface area contributed by atoms with E-state index in [4.69, 9.17) is 9.47 Å². The number of cyclic esters (lactones) is 1. The molecule has 19 nitrogen and oxygen atoms in total. The first-order valence-electron chi connectivity index (χ1n) is 21.0. The van der Waals surface area contributed by atoms with E-state index >= 15 is 0 Å². The molecule has 11 atom stereocenters. The van der Waals surface area contributed by atoms with Crippen LogP contribution in [0.2, 0.25) is 0 Å². The van der Waals surface area contributed by atoms with Gasteiger partial charge in [-0.15, -0.1) is 0 Å². The van der Waals surface area contributed by atoms with Gasteiger partial charge >= 0.3 is 5.97 Å². The van der Waals surface area contributed by atoms with Crippen molar-refractivity contribution in [3.63, 3.8) is 0 Å². The molecule has 0 aliphatic carbocycles. The number of likely N-dealkylation sites (N-methyl/N-ethyl adjacent to an activating group) is 1. The summed E-state index contributed by atoms with van der Waals surface area (Å²) in [5, 5.41) is 25.1. The van der Waals surface area contributed by atoms with Crippen LogP contribution in [0, 0.1) is 17.8 Å². The van der Waals surface area contributed by atoms with Crippen LogP contribution in [0.5, 0.6) is 5.75 Å². The third-order valence-electron chi connectivity index (χ3n) is 11.5. The molecule has 7 N–H and O–H groups in total. The summed E-state index contributed by atoms with van der Waals surface area (Å²) >= 11 is 0. The van der Waals surface area contributed by atoms with E-state index in [2.05, 4.69) is 32.0 Å². The lowest BCUT2D eigenvalue weighted by molar-refractivity contribution is -0.161.